The molecule has 2 aromatic heterocycles. The number of hydrogen-bond acceptors (Lipinski definition) is 5. The predicted octanol–water partition coefficient (Wildman–Crippen LogP) is 4.09. The van der Waals surface area contributed by atoms with E-state index in [1.165, 1.54) is 23.0 Å². The number of hydrogen-bond donors (Lipinski definition) is 1. The van der Waals surface area contributed by atoms with Gasteiger partial charge in [-0.1, -0.05) is 18.2 Å². The van der Waals surface area contributed by atoms with Crippen molar-refractivity contribution < 1.29 is 18.0 Å². The zero-order chi connectivity index (χ0) is 25.1. The van der Waals surface area contributed by atoms with Gasteiger partial charge in [-0.15, -0.1) is 0 Å². The van der Waals surface area contributed by atoms with Crippen LogP contribution in [0.5, 0.6) is 0 Å². The van der Waals surface area contributed by atoms with Crippen molar-refractivity contribution in [3.05, 3.63) is 63.5 Å². The highest BCUT2D eigenvalue weighted by molar-refractivity contribution is 5.87. The number of carbonyl (C=O) groups is 1. The summed E-state index contributed by atoms with van der Waals surface area (Å²) in [6, 6.07) is 5.07. The third-order valence-electron chi connectivity index (χ3n) is 7.60. The largest absolute Gasteiger partial charge is 0.363 e. The van der Waals surface area contributed by atoms with Crippen molar-refractivity contribution in [1.29, 1.82) is 0 Å². The summed E-state index contributed by atoms with van der Waals surface area (Å²) in [7, 11) is 1.65. The summed E-state index contributed by atoms with van der Waals surface area (Å²) < 4.78 is 42.6. The summed E-state index contributed by atoms with van der Waals surface area (Å²) in [6.07, 6.45) is -0.0716. The van der Waals surface area contributed by atoms with E-state index in [9.17, 15) is 22.8 Å². The van der Waals surface area contributed by atoms with E-state index >= 15 is 0 Å². The van der Waals surface area contributed by atoms with Crippen molar-refractivity contribution in [2.24, 2.45) is 13.0 Å². The van der Waals surface area contributed by atoms with Gasteiger partial charge >= 0.3 is 0 Å². The maximum absolute atomic E-state index is 14.7. The first-order chi connectivity index (χ1) is 16.6. The average molecular weight is 486 g/mol. The van der Waals surface area contributed by atoms with Gasteiger partial charge in [-0.25, -0.2) is 23.1 Å². The molecule has 3 aromatic rings. The first-order valence-corrected chi connectivity index (χ1v) is 11.6. The Balaban J connectivity index is 1.53. The van der Waals surface area contributed by atoms with Gasteiger partial charge < -0.3 is 10.2 Å². The van der Waals surface area contributed by atoms with Crippen molar-refractivity contribution in [3.8, 4) is 0 Å². The van der Waals surface area contributed by atoms with Crippen molar-refractivity contribution in [3.63, 3.8) is 0 Å². The predicted molar refractivity (Wildman–Crippen MR) is 125 cm³/mol. The highest BCUT2D eigenvalue weighted by atomic mass is 19.3. The molecule has 2 aliphatic rings. The van der Waals surface area contributed by atoms with Crippen LogP contribution in [0, 0.1) is 11.7 Å². The molecule has 2 unspecified atom stereocenters. The number of benzene rings is 1. The Morgan fingerprint density at radius 2 is 2.00 bits per heavy atom. The van der Waals surface area contributed by atoms with Crippen molar-refractivity contribution >= 4 is 22.8 Å². The van der Waals surface area contributed by atoms with Crippen LogP contribution in [0.4, 0.5) is 19.0 Å². The Labute approximate surface area is 200 Å². The second kappa shape index (κ2) is 8.35. The van der Waals surface area contributed by atoms with Crippen LogP contribution in [-0.4, -0.2) is 38.4 Å². The number of pyridine rings is 1. The van der Waals surface area contributed by atoms with Crippen LogP contribution in [0.15, 0.2) is 35.4 Å². The minimum absolute atomic E-state index is 0.0360. The van der Waals surface area contributed by atoms with Gasteiger partial charge in [0.25, 0.3) is 12.0 Å². The van der Waals surface area contributed by atoms with Gasteiger partial charge in [0.1, 0.15) is 23.6 Å². The number of anilines is 1. The van der Waals surface area contributed by atoms with Gasteiger partial charge in [0.2, 0.25) is 5.91 Å². The Bertz CT molecular complexity index is 1390. The van der Waals surface area contributed by atoms with Gasteiger partial charge in [0.05, 0.1) is 17.0 Å². The Kier molecular flexibility index (Phi) is 5.56. The van der Waals surface area contributed by atoms with Crippen LogP contribution in [0.3, 0.4) is 0 Å². The quantitative estimate of drug-likeness (QED) is 0.589. The Morgan fingerprint density at radius 1 is 1.26 bits per heavy atom. The first-order valence-electron chi connectivity index (χ1n) is 11.6. The van der Waals surface area contributed by atoms with E-state index in [1.54, 1.807) is 20.9 Å². The molecule has 1 aliphatic heterocycles. The number of amides is 1. The maximum atomic E-state index is 14.7. The van der Waals surface area contributed by atoms with Crippen molar-refractivity contribution in [2.75, 3.05) is 18.4 Å². The molecule has 1 saturated carbocycles. The molecule has 1 N–H and O–H groups in total. The summed E-state index contributed by atoms with van der Waals surface area (Å²) in [6.45, 7) is 4.45. The fourth-order valence-electron chi connectivity index (χ4n) is 5.46. The number of halogens is 3. The van der Waals surface area contributed by atoms with E-state index in [4.69, 9.17) is 0 Å². The fraction of sp³-hybridized carbons (Fsp3) is 0.440. The number of likely N-dealkylation sites (tertiary alicyclic amines) is 1. The molecule has 1 saturated heterocycles. The molecule has 3 heterocycles. The number of fused-ring (bicyclic) bond motifs is 2. The molecule has 35 heavy (non-hydrogen) atoms. The SMILES string of the molecule is CC(=O)N1CCC2(c3cc4c(N[C@H](C)c5cccc(C(F)F)c5F)ncnc4n(C)c3=O)CC2C1. The summed E-state index contributed by atoms with van der Waals surface area (Å²) in [5.41, 5.74) is 0.105. The second-order valence-electron chi connectivity index (χ2n) is 9.57. The maximum Gasteiger partial charge on any atom is 0.266 e. The van der Waals surface area contributed by atoms with Crippen molar-refractivity contribution in [1.82, 2.24) is 19.4 Å². The molecule has 0 radical (unpaired) electrons. The first kappa shape index (κ1) is 23.3. The third-order valence-corrected chi connectivity index (χ3v) is 7.60. The number of aryl methyl sites for hydroxylation is 1. The molecule has 0 spiro atoms. The molecule has 1 amide bonds. The van der Waals surface area contributed by atoms with Gasteiger partial charge in [-0.05, 0) is 31.7 Å². The Morgan fingerprint density at radius 3 is 2.69 bits per heavy atom. The molecule has 10 heteroatoms. The molecular formula is C25H26F3N5O2. The monoisotopic (exact) mass is 485 g/mol. The highest BCUT2D eigenvalue weighted by Crippen LogP contribution is 2.58. The van der Waals surface area contributed by atoms with Crippen LogP contribution in [-0.2, 0) is 17.3 Å². The topological polar surface area (TPSA) is 80.1 Å². The number of alkyl halides is 2. The van der Waals surface area contributed by atoms with Crippen LogP contribution in [0.2, 0.25) is 0 Å². The smallest absolute Gasteiger partial charge is 0.266 e. The lowest BCUT2D eigenvalue weighted by Gasteiger charge is -2.31. The average Bonchev–Trinajstić information content (AvgIpc) is 3.56. The second-order valence-corrected chi connectivity index (χ2v) is 9.57. The number of rotatable bonds is 5. The van der Waals surface area contributed by atoms with Gasteiger partial charge in [0.15, 0.2) is 0 Å². The van der Waals surface area contributed by atoms with E-state index in [0.717, 1.165) is 12.5 Å². The number of nitrogens with one attached hydrogen (secondary N) is 1. The van der Waals surface area contributed by atoms with Gasteiger partial charge in [-0.3, -0.25) is 14.2 Å². The number of piperidine rings is 1. The third kappa shape index (κ3) is 3.75. The van der Waals surface area contributed by atoms with E-state index in [2.05, 4.69) is 15.3 Å². The standard InChI is InChI=1S/C25H26F3N5O2/c1-13(16-5-4-6-17(20(16)26)21(27)28)31-22-18-9-19(24(35)32(3)23(18)30-12-29-22)25-7-8-33(14(2)34)11-15(25)10-25/h4-6,9,12-13,15,21H,7-8,10-11H2,1-3H3,(H,29,30,31)/t13-,15?,25?/m1/s1. The van der Waals surface area contributed by atoms with Crippen LogP contribution < -0.4 is 10.9 Å². The van der Waals surface area contributed by atoms with Crippen LogP contribution in [0.1, 0.15) is 55.8 Å². The lowest BCUT2D eigenvalue weighted by atomic mass is 9.87. The zero-order valence-corrected chi connectivity index (χ0v) is 19.7. The van der Waals surface area contributed by atoms with Crippen LogP contribution >= 0.6 is 0 Å². The van der Waals surface area contributed by atoms with E-state index in [1.807, 2.05) is 11.0 Å². The lowest BCUT2D eigenvalue weighted by molar-refractivity contribution is -0.130. The molecular weight excluding hydrogens is 459 g/mol. The van der Waals surface area contributed by atoms with Crippen LogP contribution in [0.25, 0.3) is 11.0 Å². The number of nitrogens with zero attached hydrogens (tertiary/aromatic N) is 4. The Hall–Kier alpha value is -3.43. The zero-order valence-electron chi connectivity index (χ0n) is 19.7. The summed E-state index contributed by atoms with van der Waals surface area (Å²) >= 11 is 0. The lowest BCUT2D eigenvalue weighted by Crippen LogP contribution is -2.41. The van der Waals surface area contributed by atoms with E-state index < -0.39 is 23.8 Å². The minimum atomic E-state index is -2.92. The fourth-order valence-corrected chi connectivity index (χ4v) is 5.46. The van der Waals surface area contributed by atoms with E-state index in [-0.39, 0.29) is 28.4 Å². The minimum Gasteiger partial charge on any atom is -0.363 e. The molecule has 1 aliphatic carbocycles. The summed E-state index contributed by atoms with van der Waals surface area (Å²) in [5, 5.41) is 3.72. The highest BCUT2D eigenvalue weighted by Gasteiger charge is 2.59. The number of aromatic nitrogens is 3. The molecule has 1 aromatic carbocycles. The van der Waals surface area contributed by atoms with Gasteiger partial charge in [0, 0.05) is 43.6 Å². The normalized spacial score (nSPS) is 22.3. The van der Waals surface area contributed by atoms with Gasteiger partial charge in [-0.2, -0.15) is 0 Å². The van der Waals surface area contributed by atoms with Crippen molar-refractivity contribution in [2.45, 2.75) is 44.6 Å². The molecule has 7 nitrogen and oxygen atoms in total. The molecule has 2 fully saturated rings. The molecule has 3 atom stereocenters. The summed E-state index contributed by atoms with van der Waals surface area (Å²) in [4.78, 5) is 35.6. The molecule has 184 valence electrons. The molecule has 5 rings (SSSR count). The summed E-state index contributed by atoms with van der Waals surface area (Å²) in [5.74, 6) is -0.313. The number of carbonyl (C=O) groups excluding carboxylic acids is 1. The molecule has 0 bridgehead atoms. The van der Waals surface area contributed by atoms with E-state index in [0.29, 0.717) is 41.9 Å².